The molecule has 1 heterocycles. The highest BCUT2D eigenvalue weighted by Gasteiger charge is 2.12. The predicted octanol–water partition coefficient (Wildman–Crippen LogP) is 1.63. The number of nitriles is 1. The molecule has 0 spiro atoms. The Hall–Kier alpha value is -0.340. The smallest absolute Gasteiger partial charge is 0.208 e. The van der Waals surface area contributed by atoms with Crippen LogP contribution in [0.15, 0.2) is 4.99 Å². The van der Waals surface area contributed by atoms with E-state index in [1.165, 1.54) is 12.2 Å². The first-order valence-corrected chi connectivity index (χ1v) is 6.60. The fourth-order valence-corrected chi connectivity index (χ4v) is 2.69. The van der Waals surface area contributed by atoms with Gasteiger partial charge < -0.3 is 4.90 Å². The van der Waals surface area contributed by atoms with Gasteiger partial charge in [-0.05, 0) is 18.4 Å². The summed E-state index contributed by atoms with van der Waals surface area (Å²) in [7, 11) is 0. The molecule has 0 aliphatic carbocycles. The molecular formula is C8H13N3S2. The topological polar surface area (TPSA) is 39.4 Å². The van der Waals surface area contributed by atoms with Crippen molar-refractivity contribution in [2.45, 2.75) is 6.42 Å². The lowest BCUT2D eigenvalue weighted by molar-refractivity contribution is 0.459. The van der Waals surface area contributed by atoms with Crippen LogP contribution in [0.25, 0.3) is 0 Å². The molecule has 1 aliphatic rings. The molecule has 0 aromatic heterocycles. The maximum absolute atomic E-state index is 8.49. The molecular weight excluding hydrogens is 202 g/mol. The maximum Gasteiger partial charge on any atom is 0.208 e. The predicted molar refractivity (Wildman–Crippen MR) is 60.1 cm³/mol. The summed E-state index contributed by atoms with van der Waals surface area (Å²) in [6.07, 6.45) is 5.01. The van der Waals surface area contributed by atoms with Crippen molar-refractivity contribution in [2.24, 2.45) is 4.99 Å². The average molecular weight is 215 g/mol. The van der Waals surface area contributed by atoms with Crippen LogP contribution in [0.1, 0.15) is 6.42 Å². The second kappa shape index (κ2) is 6.17. The van der Waals surface area contributed by atoms with Crippen LogP contribution in [0.2, 0.25) is 0 Å². The van der Waals surface area contributed by atoms with Crippen molar-refractivity contribution in [1.29, 1.82) is 5.26 Å². The van der Waals surface area contributed by atoms with E-state index in [2.05, 4.69) is 9.89 Å². The molecule has 1 rings (SSSR count). The van der Waals surface area contributed by atoms with Gasteiger partial charge in [-0.3, -0.25) is 0 Å². The van der Waals surface area contributed by atoms with E-state index >= 15 is 0 Å². The van der Waals surface area contributed by atoms with Crippen LogP contribution >= 0.6 is 23.5 Å². The third-order valence-corrected chi connectivity index (χ3v) is 3.58. The molecule has 0 saturated carbocycles. The SMILES string of the molecule is CSC(=NC#N)N1CCCSCC1. The van der Waals surface area contributed by atoms with Gasteiger partial charge >= 0.3 is 0 Å². The maximum atomic E-state index is 8.49. The van der Waals surface area contributed by atoms with Crippen molar-refractivity contribution in [3.8, 4) is 6.19 Å². The van der Waals surface area contributed by atoms with Gasteiger partial charge in [0.25, 0.3) is 0 Å². The zero-order valence-electron chi connectivity index (χ0n) is 7.69. The van der Waals surface area contributed by atoms with Crippen molar-refractivity contribution in [2.75, 3.05) is 30.9 Å². The fourth-order valence-electron chi connectivity index (χ4n) is 1.23. The van der Waals surface area contributed by atoms with E-state index in [1.54, 1.807) is 11.8 Å². The third kappa shape index (κ3) is 3.49. The van der Waals surface area contributed by atoms with E-state index < -0.39 is 0 Å². The van der Waals surface area contributed by atoms with Crippen LogP contribution in [-0.4, -0.2) is 40.9 Å². The summed E-state index contributed by atoms with van der Waals surface area (Å²) in [4.78, 5) is 6.01. The minimum atomic E-state index is 0.866. The minimum absolute atomic E-state index is 0.866. The van der Waals surface area contributed by atoms with Crippen LogP contribution in [0.4, 0.5) is 0 Å². The Morgan fingerprint density at radius 3 is 3.08 bits per heavy atom. The highest BCUT2D eigenvalue weighted by atomic mass is 32.2. The van der Waals surface area contributed by atoms with Gasteiger partial charge in [0.2, 0.25) is 6.19 Å². The highest BCUT2D eigenvalue weighted by molar-refractivity contribution is 8.13. The van der Waals surface area contributed by atoms with Gasteiger partial charge in [-0.25, -0.2) is 0 Å². The summed E-state index contributed by atoms with van der Waals surface area (Å²) in [5.74, 6) is 2.37. The summed E-state index contributed by atoms with van der Waals surface area (Å²) in [6, 6.07) is 0. The number of hydrogen-bond donors (Lipinski definition) is 0. The molecule has 72 valence electrons. The van der Waals surface area contributed by atoms with Gasteiger partial charge in [-0.2, -0.15) is 17.0 Å². The molecule has 1 fully saturated rings. The first-order valence-electron chi connectivity index (χ1n) is 4.22. The van der Waals surface area contributed by atoms with Crippen molar-refractivity contribution >= 4 is 28.7 Å². The van der Waals surface area contributed by atoms with E-state index in [1.807, 2.05) is 24.2 Å². The number of nitrogens with zero attached hydrogens (tertiary/aromatic N) is 3. The van der Waals surface area contributed by atoms with Crippen molar-refractivity contribution in [3.05, 3.63) is 0 Å². The largest absolute Gasteiger partial charge is 0.350 e. The summed E-state index contributed by atoms with van der Waals surface area (Å²) >= 11 is 3.53. The normalized spacial score (nSPS) is 19.4. The molecule has 0 radical (unpaired) electrons. The molecule has 0 atom stereocenters. The minimum Gasteiger partial charge on any atom is -0.350 e. The number of thioether (sulfide) groups is 2. The molecule has 0 aromatic carbocycles. The second-order valence-electron chi connectivity index (χ2n) is 2.65. The van der Waals surface area contributed by atoms with Crippen LogP contribution in [0.5, 0.6) is 0 Å². The van der Waals surface area contributed by atoms with E-state index in [9.17, 15) is 0 Å². The zero-order chi connectivity index (χ0) is 9.52. The molecule has 1 aliphatic heterocycles. The lowest BCUT2D eigenvalue weighted by Gasteiger charge is -2.21. The summed E-state index contributed by atoms with van der Waals surface area (Å²) in [5, 5.41) is 9.35. The summed E-state index contributed by atoms with van der Waals surface area (Å²) in [6.45, 7) is 2.06. The molecule has 0 unspecified atom stereocenters. The lowest BCUT2D eigenvalue weighted by Crippen LogP contribution is -2.30. The standard InChI is InChI=1S/C8H13N3S2/c1-12-8(10-7-9)11-3-2-5-13-6-4-11/h2-6H2,1H3. The highest BCUT2D eigenvalue weighted by Crippen LogP contribution is 2.13. The summed E-state index contributed by atoms with van der Waals surface area (Å²) in [5.41, 5.74) is 0. The first kappa shape index (κ1) is 10.7. The Kier molecular flexibility index (Phi) is 5.09. The van der Waals surface area contributed by atoms with Gasteiger partial charge in [-0.15, -0.1) is 4.99 Å². The molecule has 3 nitrogen and oxygen atoms in total. The molecule has 5 heteroatoms. The Bertz CT molecular complexity index is 214. The van der Waals surface area contributed by atoms with Gasteiger partial charge in [0.1, 0.15) is 0 Å². The second-order valence-corrected chi connectivity index (χ2v) is 4.65. The van der Waals surface area contributed by atoms with Crippen LogP contribution < -0.4 is 0 Å². The number of hydrogen-bond acceptors (Lipinski definition) is 4. The van der Waals surface area contributed by atoms with Crippen LogP contribution in [-0.2, 0) is 0 Å². The van der Waals surface area contributed by atoms with Gasteiger partial charge in [0.15, 0.2) is 5.17 Å². The third-order valence-electron chi connectivity index (χ3n) is 1.82. The zero-order valence-corrected chi connectivity index (χ0v) is 9.33. The van der Waals surface area contributed by atoms with Gasteiger partial charge in [-0.1, -0.05) is 11.8 Å². The first-order chi connectivity index (χ1) is 6.38. The fraction of sp³-hybridized carbons (Fsp3) is 0.750. The molecule has 0 aromatic rings. The number of aliphatic imine (C=N–C) groups is 1. The molecule has 0 bridgehead atoms. The Labute approximate surface area is 87.6 Å². The van der Waals surface area contributed by atoms with E-state index in [-0.39, 0.29) is 0 Å². The van der Waals surface area contributed by atoms with E-state index in [4.69, 9.17) is 5.26 Å². The number of amidine groups is 1. The van der Waals surface area contributed by atoms with Gasteiger partial charge in [0.05, 0.1) is 0 Å². The lowest BCUT2D eigenvalue weighted by atomic mass is 10.4. The Morgan fingerprint density at radius 2 is 2.38 bits per heavy atom. The quantitative estimate of drug-likeness (QED) is 0.350. The summed E-state index contributed by atoms with van der Waals surface area (Å²) < 4.78 is 0. The molecule has 0 amide bonds. The average Bonchev–Trinajstić information content (AvgIpc) is 2.42. The van der Waals surface area contributed by atoms with Crippen molar-refractivity contribution in [3.63, 3.8) is 0 Å². The van der Waals surface area contributed by atoms with Gasteiger partial charge in [0, 0.05) is 18.8 Å². The number of rotatable bonds is 0. The Balaban J connectivity index is 2.56. The molecule has 13 heavy (non-hydrogen) atoms. The van der Waals surface area contributed by atoms with E-state index in [0.29, 0.717) is 0 Å². The van der Waals surface area contributed by atoms with Crippen molar-refractivity contribution < 1.29 is 0 Å². The van der Waals surface area contributed by atoms with Crippen molar-refractivity contribution in [1.82, 2.24) is 4.90 Å². The molecule has 0 N–H and O–H groups in total. The van der Waals surface area contributed by atoms with Crippen LogP contribution in [0.3, 0.4) is 0 Å². The monoisotopic (exact) mass is 215 g/mol. The van der Waals surface area contributed by atoms with Crippen LogP contribution in [0, 0.1) is 11.5 Å². The Morgan fingerprint density at radius 1 is 1.54 bits per heavy atom. The van der Waals surface area contributed by atoms with E-state index in [0.717, 1.165) is 24.0 Å². The molecule has 1 saturated heterocycles.